The van der Waals surface area contributed by atoms with Crippen LogP contribution in [0.3, 0.4) is 0 Å². The first-order chi connectivity index (χ1) is 7.29. The van der Waals surface area contributed by atoms with Crippen LogP contribution in [0.25, 0.3) is 11.1 Å². The zero-order chi connectivity index (χ0) is 10.7. The van der Waals surface area contributed by atoms with Crippen molar-refractivity contribution in [1.29, 1.82) is 0 Å². The number of hydrogen-bond acceptors (Lipinski definition) is 1. The first kappa shape index (κ1) is 9.71. The van der Waals surface area contributed by atoms with E-state index in [1.165, 1.54) is 12.1 Å². The van der Waals surface area contributed by atoms with Gasteiger partial charge in [-0.3, -0.25) is 0 Å². The molecule has 0 unspecified atom stereocenters. The van der Waals surface area contributed by atoms with Crippen molar-refractivity contribution in [3.63, 3.8) is 0 Å². The van der Waals surface area contributed by atoms with Crippen LogP contribution in [0.4, 0.5) is 4.39 Å². The van der Waals surface area contributed by atoms with Crippen molar-refractivity contribution in [2.75, 3.05) is 7.11 Å². The van der Waals surface area contributed by atoms with Crippen molar-refractivity contribution in [2.24, 2.45) is 0 Å². The second-order valence-electron chi connectivity index (χ2n) is 3.15. The summed E-state index contributed by atoms with van der Waals surface area (Å²) in [7, 11) is 1.60. The van der Waals surface area contributed by atoms with Gasteiger partial charge in [-0.1, -0.05) is 18.2 Å². The molecule has 0 aliphatic heterocycles. The summed E-state index contributed by atoms with van der Waals surface area (Å²) in [5, 5.41) is 0. The number of halogens is 1. The molecule has 0 bridgehead atoms. The summed E-state index contributed by atoms with van der Waals surface area (Å²) < 4.78 is 17.8. The smallest absolute Gasteiger partial charge is 0.127 e. The van der Waals surface area contributed by atoms with E-state index >= 15 is 0 Å². The molecule has 0 saturated heterocycles. The Balaban J connectivity index is 2.40. The van der Waals surface area contributed by atoms with Crippen LogP contribution in [0.15, 0.2) is 42.5 Å². The van der Waals surface area contributed by atoms with Crippen LogP contribution in [0.2, 0.25) is 0 Å². The van der Waals surface area contributed by atoms with Crippen LogP contribution in [0, 0.1) is 11.9 Å². The third-order valence-corrected chi connectivity index (χ3v) is 2.17. The molecule has 75 valence electrons. The second-order valence-corrected chi connectivity index (χ2v) is 3.15. The molecule has 0 aromatic heterocycles. The topological polar surface area (TPSA) is 9.23 Å². The number of rotatable bonds is 2. The lowest BCUT2D eigenvalue weighted by Crippen LogP contribution is -1.84. The Morgan fingerprint density at radius 3 is 2.47 bits per heavy atom. The minimum Gasteiger partial charge on any atom is -0.496 e. The predicted octanol–water partition coefficient (Wildman–Crippen LogP) is 3.30. The molecule has 2 heteroatoms. The van der Waals surface area contributed by atoms with Crippen LogP contribution >= 0.6 is 0 Å². The summed E-state index contributed by atoms with van der Waals surface area (Å²) in [4.78, 5) is 0. The second kappa shape index (κ2) is 4.13. The maximum Gasteiger partial charge on any atom is 0.127 e. The average molecular weight is 201 g/mol. The predicted molar refractivity (Wildman–Crippen MR) is 57.2 cm³/mol. The highest BCUT2D eigenvalue weighted by molar-refractivity contribution is 5.64. The van der Waals surface area contributed by atoms with Crippen molar-refractivity contribution >= 4 is 0 Å². The molecule has 1 radical (unpaired) electrons. The Morgan fingerprint density at radius 2 is 1.80 bits per heavy atom. The van der Waals surface area contributed by atoms with E-state index in [-0.39, 0.29) is 5.82 Å². The Bertz CT molecular complexity index is 448. The van der Waals surface area contributed by atoms with Crippen molar-refractivity contribution in [3.05, 3.63) is 54.3 Å². The van der Waals surface area contributed by atoms with E-state index in [0.717, 1.165) is 11.1 Å². The van der Waals surface area contributed by atoms with Gasteiger partial charge >= 0.3 is 0 Å². The van der Waals surface area contributed by atoms with Gasteiger partial charge in [0.2, 0.25) is 0 Å². The molecular formula is C13H10FO. The molecule has 15 heavy (non-hydrogen) atoms. The summed E-state index contributed by atoms with van der Waals surface area (Å²) in [5.74, 6) is 0.449. The summed E-state index contributed by atoms with van der Waals surface area (Å²) in [6, 6.07) is 14.9. The molecular weight excluding hydrogens is 191 g/mol. The monoisotopic (exact) mass is 201 g/mol. The quantitative estimate of drug-likeness (QED) is 0.724. The Kier molecular flexibility index (Phi) is 2.68. The summed E-state index contributed by atoms with van der Waals surface area (Å²) in [6.07, 6.45) is 0. The van der Waals surface area contributed by atoms with E-state index in [2.05, 4.69) is 6.07 Å². The zero-order valence-corrected chi connectivity index (χ0v) is 8.33. The van der Waals surface area contributed by atoms with Gasteiger partial charge in [0, 0.05) is 6.07 Å². The van der Waals surface area contributed by atoms with Gasteiger partial charge in [0.05, 0.1) is 7.11 Å². The molecule has 0 N–H and O–H groups in total. The molecule has 0 saturated carbocycles. The van der Waals surface area contributed by atoms with Gasteiger partial charge in [0.25, 0.3) is 0 Å². The number of ether oxygens (including phenoxy) is 1. The normalized spacial score (nSPS) is 10.0. The Labute approximate surface area is 88.1 Å². The third kappa shape index (κ3) is 2.15. The van der Waals surface area contributed by atoms with E-state index in [1.54, 1.807) is 25.3 Å². The summed E-state index contributed by atoms with van der Waals surface area (Å²) in [6.45, 7) is 0. The maximum atomic E-state index is 12.7. The minimum atomic E-state index is -0.229. The number of methoxy groups -OCH3 is 1. The molecule has 2 aromatic rings. The van der Waals surface area contributed by atoms with Crippen LogP contribution in [0.5, 0.6) is 5.75 Å². The van der Waals surface area contributed by atoms with Gasteiger partial charge in [-0.25, -0.2) is 4.39 Å². The zero-order valence-electron chi connectivity index (χ0n) is 8.33. The minimum absolute atomic E-state index is 0.229. The third-order valence-electron chi connectivity index (χ3n) is 2.17. The van der Waals surface area contributed by atoms with Crippen molar-refractivity contribution in [3.8, 4) is 16.9 Å². The van der Waals surface area contributed by atoms with Crippen molar-refractivity contribution in [2.45, 2.75) is 0 Å². The molecule has 0 amide bonds. The van der Waals surface area contributed by atoms with Crippen LogP contribution in [0.1, 0.15) is 0 Å². The van der Waals surface area contributed by atoms with E-state index in [0.29, 0.717) is 5.75 Å². The lowest BCUT2D eigenvalue weighted by Gasteiger charge is -2.03. The molecule has 0 spiro atoms. The molecule has 2 aromatic carbocycles. The van der Waals surface area contributed by atoms with E-state index < -0.39 is 0 Å². The lowest BCUT2D eigenvalue weighted by atomic mass is 10.1. The van der Waals surface area contributed by atoms with Gasteiger partial charge in [0.1, 0.15) is 11.6 Å². The van der Waals surface area contributed by atoms with Gasteiger partial charge in [-0.2, -0.15) is 0 Å². The van der Waals surface area contributed by atoms with E-state index in [1.807, 2.05) is 12.1 Å². The fourth-order valence-electron chi connectivity index (χ4n) is 1.38. The summed E-state index contributed by atoms with van der Waals surface area (Å²) >= 11 is 0. The van der Waals surface area contributed by atoms with Gasteiger partial charge < -0.3 is 4.74 Å². The molecule has 0 aliphatic rings. The van der Waals surface area contributed by atoms with Gasteiger partial charge in [0.15, 0.2) is 0 Å². The lowest BCUT2D eigenvalue weighted by molar-refractivity contribution is 0.414. The van der Waals surface area contributed by atoms with Gasteiger partial charge in [-0.15, -0.1) is 0 Å². The van der Waals surface area contributed by atoms with E-state index in [4.69, 9.17) is 4.74 Å². The van der Waals surface area contributed by atoms with Crippen LogP contribution in [-0.4, -0.2) is 7.11 Å². The first-order valence-corrected chi connectivity index (χ1v) is 4.61. The van der Waals surface area contributed by atoms with Crippen molar-refractivity contribution < 1.29 is 9.13 Å². The summed E-state index contributed by atoms with van der Waals surface area (Å²) in [5.41, 5.74) is 1.95. The Morgan fingerprint density at radius 1 is 1.07 bits per heavy atom. The molecule has 1 nitrogen and oxygen atoms in total. The molecule has 0 heterocycles. The van der Waals surface area contributed by atoms with E-state index in [9.17, 15) is 4.39 Å². The fraction of sp³-hybridized carbons (Fsp3) is 0.0769. The SMILES string of the molecule is COc1[c]ccc(-c2ccc(F)cc2)c1. The fourth-order valence-corrected chi connectivity index (χ4v) is 1.38. The number of hydrogen-bond donors (Lipinski definition) is 0. The van der Waals surface area contributed by atoms with Crippen molar-refractivity contribution in [1.82, 2.24) is 0 Å². The largest absolute Gasteiger partial charge is 0.496 e. The Hall–Kier alpha value is -1.83. The molecule has 0 fully saturated rings. The maximum absolute atomic E-state index is 12.7. The van der Waals surface area contributed by atoms with Crippen LogP contribution < -0.4 is 4.74 Å². The highest BCUT2D eigenvalue weighted by atomic mass is 19.1. The van der Waals surface area contributed by atoms with Gasteiger partial charge in [-0.05, 0) is 35.4 Å². The highest BCUT2D eigenvalue weighted by Gasteiger charge is 1.99. The first-order valence-electron chi connectivity index (χ1n) is 4.61. The average Bonchev–Trinajstić information content (AvgIpc) is 2.30. The highest BCUT2D eigenvalue weighted by Crippen LogP contribution is 2.23. The van der Waals surface area contributed by atoms with Crippen LogP contribution in [-0.2, 0) is 0 Å². The molecule has 2 rings (SSSR count). The molecule has 0 atom stereocenters. The number of benzene rings is 2. The molecule has 0 aliphatic carbocycles. The standard InChI is InChI=1S/C13H10FO/c1-15-13-4-2-3-11(9-13)10-5-7-12(14)8-6-10/h2-3,5-9H,1H3.